The molecule has 0 aromatic rings. The van der Waals surface area contributed by atoms with Gasteiger partial charge in [0, 0.05) is 11.3 Å². The minimum atomic E-state index is 0.0759. The van der Waals surface area contributed by atoms with E-state index in [1.54, 1.807) is 13.0 Å². The van der Waals surface area contributed by atoms with Crippen molar-refractivity contribution < 1.29 is 9.59 Å². The van der Waals surface area contributed by atoms with Crippen LogP contribution in [0.2, 0.25) is 0 Å². The lowest BCUT2D eigenvalue weighted by Crippen LogP contribution is -2.50. The van der Waals surface area contributed by atoms with Gasteiger partial charge in [-0.25, -0.2) is 0 Å². The number of ketones is 2. The molecule has 0 bridgehead atoms. The van der Waals surface area contributed by atoms with E-state index in [2.05, 4.69) is 19.9 Å². The highest BCUT2D eigenvalue weighted by Gasteiger charge is 2.59. The van der Waals surface area contributed by atoms with Crippen LogP contribution in [0.5, 0.6) is 0 Å². The predicted octanol–water partition coefficient (Wildman–Crippen LogP) is 4.50. The third kappa shape index (κ3) is 1.99. The lowest BCUT2D eigenvalue weighted by molar-refractivity contribution is -0.127. The molecule has 1 unspecified atom stereocenters. The molecule has 23 heavy (non-hydrogen) atoms. The summed E-state index contributed by atoms with van der Waals surface area (Å²) in [6.07, 6.45) is 12.8. The number of hydrogen-bond donors (Lipinski definition) is 0. The Morgan fingerprint density at radius 1 is 1.13 bits per heavy atom. The van der Waals surface area contributed by atoms with Crippen molar-refractivity contribution in [2.75, 3.05) is 0 Å². The highest BCUT2D eigenvalue weighted by molar-refractivity contribution is 6.01. The van der Waals surface area contributed by atoms with Gasteiger partial charge in [0.05, 0.1) is 0 Å². The number of rotatable bonds is 1. The van der Waals surface area contributed by atoms with Crippen LogP contribution in [0.15, 0.2) is 23.8 Å². The first-order chi connectivity index (χ1) is 10.9. The third-order valence-corrected chi connectivity index (χ3v) is 8.05. The average molecular weight is 312 g/mol. The Morgan fingerprint density at radius 2 is 1.91 bits per heavy atom. The predicted molar refractivity (Wildman–Crippen MR) is 90.8 cm³/mol. The van der Waals surface area contributed by atoms with E-state index < -0.39 is 0 Å². The Hall–Kier alpha value is -1.18. The molecule has 0 saturated heterocycles. The van der Waals surface area contributed by atoms with Gasteiger partial charge in [0.2, 0.25) is 0 Å². The standard InChI is InChI=1S/C21H28O2/c1-13(22)17-6-7-18-16-5-4-14-12-15(23)8-10-20(14,2)19(16)9-11-21(17,18)3/h8,10,12,16-19H,4-7,9,11H2,1-3H3/t16-,17+,18?,19-,20-,21+/m0/s1. The molecule has 124 valence electrons. The van der Waals surface area contributed by atoms with E-state index in [4.69, 9.17) is 0 Å². The minimum Gasteiger partial charge on any atom is -0.300 e. The SMILES string of the molecule is CC(=O)[C@H]1CCC2[C@@H]3CCC4=CC(=O)C=C[C@]4(C)[C@H]3CC[C@@]21C. The highest BCUT2D eigenvalue weighted by atomic mass is 16.1. The molecule has 0 aromatic heterocycles. The molecule has 3 fully saturated rings. The lowest BCUT2D eigenvalue weighted by atomic mass is 9.47. The van der Waals surface area contributed by atoms with E-state index in [0.717, 1.165) is 18.8 Å². The summed E-state index contributed by atoms with van der Waals surface area (Å²) in [5.41, 5.74) is 1.65. The quantitative estimate of drug-likeness (QED) is 0.714. The molecule has 0 amide bonds. The van der Waals surface area contributed by atoms with Gasteiger partial charge in [0.25, 0.3) is 0 Å². The van der Waals surface area contributed by atoms with Crippen LogP contribution < -0.4 is 0 Å². The van der Waals surface area contributed by atoms with E-state index in [9.17, 15) is 9.59 Å². The fourth-order valence-corrected chi connectivity index (χ4v) is 6.87. The maximum Gasteiger partial charge on any atom is 0.178 e. The van der Waals surface area contributed by atoms with E-state index in [0.29, 0.717) is 17.6 Å². The third-order valence-electron chi connectivity index (χ3n) is 8.05. The molecule has 4 aliphatic carbocycles. The van der Waals surface area contributed by atoms with Gasteiger partial charge in [-0.05, 0) is 80.8 Å². The van der Waals surface area contributed by atoms with E-state index >= 15 is 0 Å². The summed E-state index contributed by atoms with van der Waals surface area (Å²) in [5, 5.41) is 0. The average Bonchev–Trinajstić information content (AvgIpc) is 2.85. The van der Waals surface area contributed by atoms with Gasteiger partial charge >= 0.3 is 0 Å². The van der Waals surface area contributed by atoms with E-state index in [1.807, 2.05) is 6.08 Å². The summed E-state index contributed by atoms with van der Waals surface area (Å²) in [5.74, 6) is 2.91. The summed E-state index contributed by atoms with van der Waals surface area (Å²) < 4.78 is 0. The number of carbonyl (C=O) groups is 2. The van der Waals surface area contributed by atoms with Crippen molar-refractivity contribution in [1.29, 1.82) is 0 Å². The van der Waals surface area contributed by atoms with Crippen LogP contribution in [0.1, 0.15) is 59.3 Å². The molecule has 0 heterocycles. The first kappa shape index (κ1) is 15.4. The molecule has 0 N–H and O–H groups in total. The highest BCUT2D eigenvalue weighted by Crippen LogP contribution is 2.65. The van der Waals surface area contributed by atoms with Crippen LogP contribution in [0, 0.1) is 34.5 Å². The van der Waals surface area contributed by atoms with Crippen LogP contribution in [0.25, 0.3) is 0 Å². The Bertz CT molecular complexity index is 628. The molecule has 2 nitrogen and oxygen atoms in total. The molecule has 4 rings (SSSR count). The Labute approximate surface area is 139 Å². The van der Waals surface area contributed by atoms with E-state index in [1.165, 1.54) is 31.3 Å². The van der Waals surface area contributed by atoms with Crippen LogP contribution in [-0.2, 0) is 9.59 Å². The van der Waals surface area contributed by atoms with Crippen LogP contribution in [-0.4, -0.2) is 11.6 Å². The van der Waals surface area contributed by atoms with Crippen molar-refractivity contribution in [2.45, 2.75) is 59.3 Å². The zero-order valence-electron chi connectivity index (χ0n) is 14.6. The largest absolute Gasteiger partial charge is 0.300 e. The van der Waals surface area contributed by atoms with Gasteiger partial charge in [0.15, 0.2) is 5.78 Å². The lowest BCUT2D eigenvalue weighted by Gasteiger charge is -2.56. The zero-order chi connectivity index (χ0) is 16.4. The molecule has 6 atom stereocenters. The number of hydrogen-bond acceptors (Lipinski definition) is 2. The minimum absolute atomic E-state index is 0.0759. The van der Waals surface area contributed by atoms with Crippen molar-refractivity contribution >= 4 is 11.6 Å². The van der Waals surface area contributed by atoms with Crippen LogP contribution >= 0.6 is 0 Å². The number of fused-ring (bicyclic) bond motifs is 5. The van der Waals surface area contributed by atoms with E-state index in [-0.39, 0.29) is 22.5 Å². The molecule has 0 aromatic carbocycles. The summed E-state index contributed by atoms with van der Waals surface area (Å²) in [6.45, 7) is 6.53. The number of carbonyl (C=O) groups excluding carboxylic acids is 2. The van der Waals surface area contributed by atoms with Crippen LogP contribution in [0.4, 0.5) is 0 Å². The second kappa shape index (κ2) is 4.91. The molecular weight excluding hydrogens is 284 g/mol. The van der Waals surface area contributed by atoms with Gasteiger partial charge in [-0.2, -0.15) is 0 Å². The van der Waals surface area contributed by atoms with Gasteiger partial charge in [0.1, 0.15) is 5.78 Å². The van der Waals surface area contributed by atoms with Gasteiger partial charge in [-0.3, -0.25) is 9.59 Å². The Kier molecular flexibility index (Phi) is 3.28. The number of allylic oxidation sites excluding steroid dienone is 4. The molecule has 4 aliphatic rings. The van der Waals surface area contributed by atoms with Crippen molar-refractivity contribution in [1.82, 2.24) is 0 Å². The van der Waals surface area contributed by atoms with Crippen molar-refractivity contribution in [3.05, 3.63) is 23.8 Å². The summed E-state index contributed by atoms with van der Waals surface area (Å²) in [6, 6.07) is 0. The molecule has 0 spiro atoms. The maximum atomic E-state index is 12.1. The summed E-state index contributed by atoms with van der Waals surface area (Å²) in [4.78, 5) is 23.9. The first-order valence-electron chi connectivity index (χ1n) is 9.31. The summed E-state index contributed by atoms with van der Waals surface area (Å²) >= 11 is 0. The summed E-state index contributed by atoms with van der Waals surface area (Å²) in [7, 11) is 0. The Balaban J connectivity index is 1.68. The topological polar surface area (TPSA) is 34.1 Å². The molecule has 0 aliphatic heterocycles. The second-order valence-electron chi connectivity index (χ2n) is 8.89. The zero-order valence-corrected chi connectivity index (χ0v) is 14.6. The van der Waals surface area contributed by atoms with Gasteiger partial charge < -0.3 is 0 Å². The van der Waals surface area contributed by atoms with Crippen molar-refractivity contribution in [2.24, 2.45) is 34.5 Å². The maximum absolute atomic E-state index is 12.1. The molecule has 3 saturated carbocycles. The first-order valence-corrected chi connectivity index (χ1v) is 9.31. The fraction of sp³-hybridized carbons (Fsp3) is 0.714. The van der Waals surface area contributed by atoms with Crippen LogP contribution in [0.3, 0.4) is 0 Å². The Morgan fingerprint density at radius 3 is 2.65 bits per heavy atom. The van der Waals surface area contributed by atoms with Gasteiger partial charge in [-0.15, -0.1) is 0 Å². The number of Topliss-reactive ketones (excluding diaryl/α,β-unsaturated/α-hetero) is 1. The van der Waals surface area contributed by atoms with Crippen molar-refractivity contribution in [3.8, 4) is 0 Å². The van der Waals surface area contributed by atoms with Crippen molar-refractivity contribution in [3.63, 3.8) is 0 Å². The van der Waals surface area contributed by atoms with Gasteiger partial charge in [-0.1, -0.05) is 25.5 Å². The molecule has 2 heteroatoms. The normalized spacial score (nSPS) is 48.3. The second-order valence-corrected chi connectivity index (χ2v) is 8.89. The molecule has 0 radical (unpaired) electrons. The smallest absolute Gasteiger partial charge is 0.178 e. The fourth-order valence-electron chi connectivity index (χ4n) is 6.87. The monoisotopic (exact) mass is 312 g/mol. The molecular formula is C21H28O2.